The molecule has 0 aromatic rings. The first-order valence-electron chi connectivity index (χ1n) is 1.98. The fourth-order valence-corrected chi connectivity index (χ4v) is 0. The van der Waals surface area contributed by atoms with Gasteiger partial charge in [0, 0.05) is 0 Å². The van der Waals surface area contributed by atoms with Gasteiger partial charge in [-0.1, -0.05) is 0 Å². The van der Waals surface area contributed by atoms with E-state index in [4.69, 9.17) is 22.7 Å². The minimum absolute atomic E-state index is 0.00849. The third-order valence-corrected chi connectivity index (χ3v) is 0.844. The highest BCUT2D eigenvalue weighted by molar-refractivity contribution is 6.34. The summed E-state index contributed by atoms with van der Waals surface area (Å²) in [5.74, 6) is 0.00849. The summed E-state index contributed by atoms with van der Waals surface area (Å²) in [7, 11) is 0. The minimum Gasteiger partial charge on any atom is -0.386 e. The zero-order chi connectivity index (χ0) is 6.08. The number of nitrogens with two attached hydrogens (primary N) is 1. The molecular formula is C4H9ClN2. The molecular weight excluding hydrogens is 112 g/mol. The maximum atomic E-state index is 6.79. The molecule has 3 heteroatoms. The van der Waals surface area contributed by atoms with Crippen LogP contribution >= 0.6 is 11.6 Å². The number of amidine groups is 1. The predicted octanol–water partition coefficient (Wildman–Crippen LogP) is 0.940. The molecule has 0 aliphatic heterocycles. The lowest BCUT2D eigenvalue weighted by atomic mass is 10.2. The molecule has 0 saturated carbocycles. The van der Waals surface area contributed by atoms with E-state index in [1.807, 2.05) is 0 Å². The first-order chi connectivity index (χ1) is 2.94. The number of halogens is 1. The highest BCUT2D eigenvalue weighted by Gasteiger charge is 2.15. The lowest BCUT2D eigenvalue weighted by Crippen LogP contribution is -2.31. The van der Waals surface area contributed by atoms with E-state index in [0.717, 1.165) is 0 Å². The van der Waals surface area contributed by atoms with E-state index in [1.54, 1.807) is 13.8 Å². The Bertz CT molecular complexity index is 82.2. The molecule has 0 aromatic carbocycles. The molecule has 0 aliphatic carbocycles. The smallest absolute Gasteiger partial charge is 0.112 e. The molecule has 0 fully saturated rings. The summed E-state index contributed by atoms with van der Waals surface area (Å²) >= 11 is 5.52. The van der Waals surface area contributed by atoms with Crippen molar-refractivity contribution in [2.45, 2.75) is 18.7 Å². The Morgan fingerprint density at radius 1 is 1.71 bits per heavy atom. The Hall–Kier alpha value is -0.240. The van der Waals surface area contributed by atoms with E-state index in [-0.39, 0.29) is 5.84 Å². The third kappa shape index (κ3) is 2.45. The zero-order valence-electron chi connectivity index (χ0n) is 4.46. The van der Waals surface area contributed by atoms with Crippen LogP contribution in [-0.2, 0) is 0 Å². The van der Waals surface area contributed by atoms with Gasteiger partial charge in [0.05, 0.1) is 4.87 Å². The van der Waals surface area contributed by atoms with E-state index in [0.29, 0.717) is 0 Å². The maximum absolute atomic E-state index is 6.79. The summed E-state index contributed by atoms with van der Waals surface area (Å²) in [4.78, 5) is -0.667. The van der Waals surface area contributed by atoms with Gasteiger partial charge in [-0.2, -0.15) is 0 Å². The summed E-state index contributed by atoms with van der Waals surface area (Å²) in [5.41, 5.74) is 5.02. The number of hydrogen-bond donors (Lipinski definition) is 2. The van der Waals surface area contributed by atoms with Crippen LogP contribution in [0, 0.1) is 5.41 Å². The second kappa shape index (κ2) is 1.70. The van der Waals surface area contributed by atoms with Gasteiger partial charge in [0.2, 0.25) is 0 Å². The Morgan fingerprint density at radius 2 is 1.86 bits per heavy atom. The largest absolute Gasteiger partial charge is 0.386 e. The van der Waals surface area contributed by atoms with Gasteiger partial charge in [-0.25, -0.2) is 0 Å². The normalized spacial score (nSPS) is 11.3. The van der Waals surface area contributed by atoms with Gasteiger partial charge in [0.25, 0.3) is 0 Å². The van der Waals surface area contributed by atoms with Gasteiger partial charge >= 0.3 is 0 Å². The first kappa shape index (κ1) is 6.76. The summed E-state index contributed by atoms with van der Waals surface area (Å²) in [6, 6.07) is 0. The van der Waals surface area contributed by atoms with Crippen LogP contribution in [0.2, 0.25) is 0 Å². The molecule has 0 unspecified atom stereocenters. The first-order valence-corrected chi connectivity index (χ1v) is 2.36. The lowest BCUT2D eigenvalue weighted by Gasteiger charge is -2.11. The number of rotatable bonds is 1. The van der Waals surface area contributed by atoms with Crippen molar-refractivity contribution in [2.75, 3.05) is 0 Å². The highest BCUT2D eigenvalue weighted by Crippen LogP contribution is 2.09. The van der Waals surface area contributed by atoms with Crippen LogP contribution in [0.3, 0.4) is 0 Å². The van der Waals surface area contributed by atoms with Gasteiger partial charge in [-0.05, 0) is 13.8 Å². The van der Waals surface area contributed by atoms with Crippen molar-refractivity contribution in [3.8, 4) is 0 Å². The van der Waals surface area contributed by atoms with Crippen LogP contribution in [0.4, 0.5) is 0 Å². The van der Waals surface area contributed by atoms with Gasteiger partial charge in [-0.15, -0.1) is 11.6 Å². The van der Waals surface area contributed by atoms with Crippen LogP contribution in [-0.4, -0.2) is 10.7 Å². The van der Waals surface area contributed by atoms with Crippen molar-refractivity contribution in [3.05, 3.63) is 0 Å². The Balaban J connectivity index is 3.79. The van der Waals surface area contributed by atoms with Crippen molar-refractivity contribution in [3.63, 3.8) is 0 Å². The van der Waals surface area contributed by atoms with E-state index in [2.05, 4.69) is 0 Å². The van der Waals surface area contributed by atoms with Gasteiger partial charge in [0.1, 0.15) is 5.84 Å². The van der Waals surface area contributed by atoms with E-state index in [9.17, 15) is 0 Å². The summed E-state index contributed by atoms with van der Waals surface area (Å²) in [6.45, 7) is 3.35. The van der Waals surface area contributed by atoms with Gasteiger partial charge in [0.15, 0.2) is 0 Å². The van der Waals surface area contributed by atoms with E-state index < -0.39 is 4.87 Å². The second-order valence-corrected chi connectivity index (χ2v) is 2.83. The molecule has 0 bridgehead atoms. The molecule has 3 N–H and O–H groups in total. The molecule has 0 saturated heterocycles. The van der Waals surface area contributed by atoms with Crippen molar-refractivity contribution < 1.29 is 0 Å². The summed E-state index contributed by atoms with van der Waals surface area (Å²) in [5, 5.41) is 6.79. The topological polar surface area (TPSA) is 49.9 Å². The number of nitrogens with one attached hydrogen (secondary N) is 1. The van der Waals surface area contributed by atoms with Crippen molar-refractivity contribution in [2.24, 2.45) is 5.73 Å². The number of alkyl halides is 1. The molecule has 0 radical (unpaired) electrons. The van der Waals surface area contributed by atoms with Crippen molar-refractivity contribution in [1.29, 1.82) is 5.41 Å². The van der Waals surface area contributed by atoms with E-state index >= 15 is 0 Å². The lowest BCUT2D eigenvalue weighted by molar-refractivity contribution is 0.912. The van der Waals surface area contributed by atoms with Gasteiger partial charge in [-0.3, -0.25) is 5.41 Å². The SMILES string of the molecule is CC(C)(Cl)C(=N)N. The van der Waals surface area contributed by atoms with Crippen LogP contribution in [0.15, 0.2) is 0 Å². The standard InChI is InChI=1S/C4H9ClN2/c1-4(2,5)3(6)7/h1-2H3,(H3,6,7). The quantitative estimate of drug-likeness (QED) is 0.302. The zero-order valence-corrected chi connectivity index (χ0v) is 5.21. The molecule has 0 atom stereocenters. The average molecular weight is 121 g/mol. The Labute approximate surface area is 48.2 Å². The van der Waals surface area contributed by atoms with Crippen LogP contribution in [0.25, 0.3) is 0 Å². The molecule has 0 spiro atoms. The monoisotopic (exact) mass is 120 g/mol. The molecule has 0 heterocycles. The fraction of sp³-hybridized carbons (Fsp3) is 0.750. The van der Waals surface area contributed by atoms with Crippen molar-refractivity contribution in [1.82, 2.24) is 0 Å². The molecule has 0 rings (SSSR count). The number of hydrogen-bond acceptors (Lipinski definition) is 1. The molecule has 0 amide bonds. The van der Waals surface area contributed by atoms with Crippen molar-refractivity contribution >= 4 is 17.4 Å². The molecule has 0 aliphatic rings. The molecule has 42 valence electrons. The summed E-state index contributed by atoms with van der Waals surface area (Å²) < 4.78 is 0. The predicted molar refractivity (Wildman–Crippen MR) is 31.8 cm³/mol. The van der Waals surface area contributed by atoms with Crippen LogP contribution in [0.1, 0.15) is 13.8 Å². The Kier molecular flexibility index (Phi) is 1.64. The van der Waals surface area contributed by atoms with E-state index in [1.165, 1.54) is 0 Å². The average Bonchev–Trinajstić information content (AvgIpc) is 1.31. The molecule has 2 nitrogen and oxygen atoms in total. The molecule has 7 heavy (non-hydrogen) atoms. The highest BCUT2D eigenvalue weighted by atomic mass is 35.5. The van der Waals surface area contributed by atoms with Crippen LogP contribution < -0.4 is 5.73 Å². The third-order valence-electron chi connectivity index (χ3n) is 0.640. The molecule has 0 aromatic heterocycles. The van der Waals surface area contributed by atoms with Gasteiger partial charge < -0.3 is 5.73 Å². The summed E-state index contributed by atoms with van der Waals surface area (Å²) in [6.07, 6.45) is 0. The maximum Gasteiger partial charge on any atom is 0.112 e. The minimum atomic E-state index is -0.667. The second-order valence-electron chi connectivity index (χ2n) is 1.89. The Morgan fingerprint density at radius 3 is 1.86 bits per heavy atom. The fourth-order valence-electron chi connectivity index (χ4n) is 0. The van der Waals surface area contributed by atoms with Crippen LogP contribution in [0.5, 0.6) is 0 Å².